The van der Waals surface area contributed by atoms with Crippen LogP contribution in [0.25, 0.3) is 0 Å². The molecule has 3 rings (SSSR count). The van der Waals surface area contributed by atoms with Gasteiger partial charge in [0, 0.05) is 22.3 Å². The molecular weight excluding hydrogens is 384 g/mol. The number of rotatable bonds is 4. The van der Waals surface area contributed by atoms with Crippen molar-refractivity contribution in [3.63, 3.8) is 0 Å². The van der Waals surface area contributed by atoms with Crippen LogP contribution in [0, 0.1) is 5.92 Å². The number of halogens is 1. The number of hydrogen-bond donors (Lipinski definition) is 1. The summed E-state index contributed by atoms with van der Waals surface area (Å²) in [6, 6.07) is 12.5. The summed E-state index contributed by atoms with van der Waals surface area (Å²) in [5, 5.41) is 2.87. The van der Waals surface area contributed by atoms with Gasteiger partial charge in [-0.2, -0.15) is 0 Å². The Morgan fingerprint density at radius 2 is 1.96 bits per heavy atom. The van der Waals surface area contributed by atoms with E-state index in [-0.39, 0.29) is 18.4 Å². The molecule has 6 heteroatoms. The van der Waals surface area contributed by atoms with Gasteiger partial charge in [0.15, 0.2) is 6.61 Å². The summed E-state index contributed by atoms with van der Waals surface area (Å²) in [6.45, 7) is 4.77. The molecular formula is C19H19BrN2O3. The molecule has 5 nitrogen and oxygen atoms in total. The van der Waals surface area contributed by atoms with Gasteiger partial charge in [0.1, 0.15) is 5.75 Å². The van der Waals surface area contributed by atoms with Crippen molar-refractivity contribution in [1.29, 1.82) is 0 Å². The molecule has 0 fully saturated rings. The quantitative estimate of drug-likeness (QED) is 0.837. The van der Waals surface area contributed by atoms with Crippen LogP contribution in [-0.2, 0) is 4.79 Å². The zero-order valence-electron chi connectivity index (χ0n) is 14.1. The van der Waals surface area contributed by atoms with E-state index in [0.29, 0.717) is 35.2 Å². The Balaban J connectivity index is 1.84. The Morgan fingerprint density at radius 3 is 2.64 bits per heavy atom. The Bertz CT molecular complexity index is 803. The fourth-order valence-electron chi connectivity index (χ4n) is 2.65. The molecule has 2 amide bonds. The molecule has 0 spiro atoms. The lowest BCUT2D eigenvalue weighted by atomic mass is 10.1. The molecule has 1 N–H and O–H groups in total. The van der Waals surface area contributed by atoms with Crippen LogP contribution in [0.2, 0.25) is 0 Å². The predicted octanol–water partition coefficient (Wildman–Crippen LogP) is 4.08. The molecule has 1 aliphatic heterocycles. The normalized spacial score (nSPS) is 13.4. The van der Waals surface area contributed by atoms with Crippen molar-refractivity contribution < 1.29 is 14.3 Å². The van der Waals surface area contributed by atoms with Gasteiger partial charge in [-0.25, -0.2) is 0 Å². The van der Waals surface area contributed by atoms with Gasteiger partial charge in [0.25, 0.3) is 11.8 Å². The summed E-state index contributed by atoms with van der Waals surface area (Å²) in [5.41, 5.74) is 1.88. The van der Waals surface area contributed by atoms with Crippen molar-refractivity contribution in [2.75, 3.05) is 23.4 Å². The zero-order valence-corrected chi connectivity index (χ0v) is 15.7. The maximum absolute atomic E-state index is 12.4. The van der Waals surface area contributed by atoms with Gasteiger partial charge in [0.2, 0.25) is 0 Å². The maximum atomic E-state index is 12.4. The zero-order chi connectivity index (χ0) is 18.0. The van der Waals surface area contributed by atoms with E-state index in [2.05, 4.69) is 35.1 Å². The number of benzene rings is 2. The summed E-state index contributed by atoms with van der Waals surface area (Å²) in [5.74, 6) is 0.710. The van der Waals surface area contributed by atoms with E-state index in [4.69, 9.17) is 4.74 Å². The minimum atomic E-state index is -0.203. The van der Waals surface area contributed by atoms with Crippen LogP contribution in [-0.4, -0.2) is 25.0 Å². The largest absolute Gasteiger partial charge is 0.482 e. The van der Waals surface area contributed by atoms with Gasteiger partial charge in [-0.05, 0) is 48.4 Å². The highest BCUT2D eigenvalue weighted by Gasteiger charge is 2.26. The molecule has 0 aromatic heterocycles. The summed E-state index contributed by atoms with van der Waals surface area (Å²) < 4.78 is 6.41. The van der Waals surface area contributed by atoms with Crippen LogP contribution < -0.4 is 15.0 Å². The summed E-state index contributed by atoms with van der Waals surface area (Å²) in [4.78, 5) is 26.3. The van der Waals surface area contributed by atoms with Crippen LogP contribution in [0.4, 0.5) is 11.4 Å². The molecule has 2 aromatic rings. The third kappa shape index (κ3) is 4.02. The summed E-state index contributed by atoms with van der Waals surface area (Å²) >= 11 is 3.35. The molecule has 0 saturated heterocycles. The van der Waals surface area contributed by atoms with Crippen molar-refractivity contribution in [2.45, 2.75) is 13.8 Å². The number of ether oxygens (including phenoxy) is 1. The second-order valence-electron chi connectivity index (χ2n) is 6.33. The molecule has 1 heterocycles. The molecule has 1 aliphatic rings. The highest BCUT2D eigenvalue weighted by molar-refractivity contribution is 9.10. The molecule has 0 bridgehead atoms. The number of hydrogen-bond acceptors (Lipinski definition) is 3. The Kier molecular flexibility index (Phi) is 5.08. The number of anilines is 2. The molecule has 130 valence electrons. The Hall–Kier alpha value is -2.34. The van der Waals surface area contributed by atoms with Gasteiger partial charge in [0.05, 0.1) is 5.69 Å². The van der Waals surface area contributed by atoms with E-state index < -0.39 is 0 Å². The monoisotopic (exact) mass is 402 g/mol. The van der Waals surface area contributed by atoms with Crippen LogP contribution in [0.15, 0.2) is 46.9 Å². The highest BCUT2D eigenvalue weighted by Crippen LogP contribution is 2.35. The smallest absolute Gasteiger partial charge is 0.265 e. The first kappa shape index (κ1) is 17.5. The first-order valence-electron chi connectivity index (χ1n) is 8.08. The SMILES string of the molecule is CC(C)CN1C(=O)COc2ccc(NC(=O)c3ccc(Br)cc3)cc21. The predicted molar refractivity (Wildman–Crippen MR) is 101 cm³/mol. The van der Waals surface area contributed by atoms with Crippen LogP contribution >= 0.6 is 15.9 Å². The average molecular weight is 403 g/mol. The second-order valence-corrected chi connectivity index (χ2v) is 7.25. The van der Waals surface area contributed by atoms with E-state index in [9.17, 15) is 9.59 Å². The van der Waals surface area contributed by atoms with E-state index in [1.807, 2.05) is 12.1 Å². The number of nitrogens with zero attached hydrogens (tertiary/aromatic N) is 1. The lowest BCUT2D eigenvalue weighted by molar-refractivity contribution is -0.121. The van der Waals surface area contributed by atoms with Gasteiger partial charge in [-0.15, -0.1) is 0 Å². The number of carbonyl (C=O) groups is 2. The summed E-state index contributed by atoms with van der Waals surface area (Å²) in [7, 11) is 0. The topological polar surface area (TPSA) is 58.6 Å². The lowest BCUT2D eigenvalue weighted by Crippen LogP contribution is -2.41. The number of amides is 2. The first-order valence-corrected chi connectivity index (χ1v) is 8.87. The van der Waals surface area contributed by atoms with Crippen LogP contribution in [0.5, 0.6) is 5.75 Å². The molecule has 0 radical (unpaired) electrons. The fourth-order valence-corrected chi connectivity index (χ4v) is 2.91. The van der Waals surface area contributed by atoms with Crippen LogP contribution in [0.3, 0.4) is 0 Å². The minimum Gasteiger partial charge on any atom is -0.482 e. The average Bonchev–Trinajstić information content (AvgIpc) is 2.58. The third-order valence-corrected chi connectivity index (χ3v) is 4.34. The van der Waals surface area contributed by atoms with E-state index in [1.54, 1.807) is 35.2 Å². The molecule has 0 atom stereocenters. The standard InChI is InChI=1S/C19H19BrN2O3/c1-12(2)10-22-16-9-15(7-8-17(16)25-11-18(22)23)21-19(24)13-3-5-14(20)6-4-13/h3-9,12H,10-11H2,1-2H3,(H,21,24). The van der Waals surface area contributed by atoms with E-state index >= 15 is 0 Å². The number of fused-ring (bicyclic) bond motifs is 1. The van der Waals surface area contributed by atoms with Crippen molar-refractivity contribution in [1.82, 2.24) is 0 Å². The first-order chi connectivity index (χ1) is 11.9. The number of nitrogens with one attached hydrogen (secondary N) is 1. The van der Waals surface area contributed by atoms with Crippen molar-refractivity contribution >= 4 is 39.1 Å². The van der Waals surface area contributed by atoms with Gasteiger partial charge in [-0.1, -0.05) is 29.8 Å². The molecule has 0 saturated carbocycles. The lowest BCUT2D eigenvalue weighted by Gasteiger charge is -2.31. The molecule has 0 unspecified atom stereocenters. The van der Waals surface area contributed by atoms with Gasteiger partial charge in [-0.3, -0.25) is 9.59 Å². The highest BCUT2D eigenvalue weighted by atomic mass is 79.9. The minimum absolute atomic E-state index is 0.0460. The van der Waals surface area contributed by atoms with Gasteiger partial charge < -0.3 is 15.0 Å². The van der Waals surface area contributed by atoms with Crippen LogP contribution in [0.1, 0.15) is 24.2 Å². The van der Waals surface area contributed by atoms with Crippen molar-refractivity contribution in [3.05, 3.63) is 52.5 Å². The maximum Gasteiger partial charge on any atom is 0.265 e. The third-order valence-electron chi connectivity index (χ3n) is 3.81. The van der Waals surface area contributed by atoms with Crippen molar-refractivity contribution in [3.8, 4) is 5.75 Å². The number of carbonyl (C=O) groups excluding carboxylic acids is 2. The van der Waals surface area contributed by atoms with Gasteiger partial charge >= 0.3 is 0 Å². The van der Waals surface area contributed by atoms with Crippen molar-refractivity contribution in [2.24, 2.45) is 5.92 Å². The molecule has 0 aliphatic carbocycles. The summed E-state index contributed by atoms with van der Waals surface area (Å²) in [6.07, 6.45) is 0. The van der Waals surface area contributed by atoms with E-state index in [0.717, 1.165) is 4.47 Å². The van der Waals surface area contributed by atoms with E-state index in [1.165, 1.54) is 0 Å². The fraction of sp³-hybridized carbons (Fsp3) is 0.263. The second kappa shape index (κ2) is 7.27. The Morgan fingerprint density at radius 1 is 1.24 bits per heavy atom. The molecule has 25 heavy (non-hydrogen) atoms. The molecule has 2 aromatic carbocycles. The Labute approximate surface area is 155 Å².